The van der Waals surface area contributed by atoms with Crippen LogP contribution in [0.5, 0.6) is 0 Å². The standard InChI is InChI=1S/C9H13N3O2/c10-6-9(2-3-9)8(13)11-5-7-1-4-14-12-7/h1,4H,2-3,5-6,10H2,(H,11,13). The van der Waals surface area contributed by atoms with E-state index in [2.05, 4.69) is 15.0 Å². The molecule has 0 saturated heterocycles. The summed E-state index contributed by atoms with van der Waals surface area (Å²) >= 11 is 0. The largest absolute Gasteiger partial charge is 0.364 e. The molecule has 1 saturated carbocycles. The van der Waals surface area contributed by atoms with Gasteiger partial charge in [0, 0.05) is 12.6 Å². The van der Waals surface area contributed by atoms with Gasteiger partial charge in [0.25, 0.3) is 0 Å². The highest BCUT2D eigenvalue weighted by molar-refractivity contribution is 5.85. The molecule has 3 N–H and O–H groups in total. The van der Waals surface area contributed by atoms with E-state index in [0.717, 1.165) is 18.5 Å². The van der Waals surface area contributed by atoms with E-state index in [-0.39, 0.29) is 11.3 Å². The number of nitrogens with one attached hydrogen (secondary N) is 1. The second-order valence-corrected chi connectivity index (χ2v) is 3.66. The molecule has 0 radical (unpaired) electrons. The van der Waals surface area contributed by atoms with Crippen LogP contribution in [0.15, 0.2) is 16.9 Å². The third kappa shape index (κ3) is 1.63. The number of carbonyl (C=O) groups excluding carboxylic acids is 1. The molecule has 0 aromatic carbocycles. The van der Waals surface area contributed by atoms with Gasteiger partial charge in [-0.05, 0) is 12.8 Å². The van der Waals surface area contributed by atoms with E-state index in [0.29, 0.717) is 13.1 Å². The minimum Gasteiger partial charge on any atom is -0.364 e. The van der Waals surface area contributed by atoms with E-state index in [4.69, 9.17) is 5.73 Å². The molecule has 0 aliphatic heterocycles. The van der Waals surface area contributed by atoms with Gasteiger partial charge in [0.2, 0.25) is 5.91 Å². The zero-order chi connectivity index (χ0) is 10.0. The maximum Gasteiger partial charge on any atom is 0.227 e. The maximum atomic E-state index is 11.6. The third-order valence-electron chi connectivity index (χ3n) is 2.65. The number of nitrogens with zero attached hydrogens (tertiary/aromatic N) is 1. The summed E-state index contributed by atoms with van der Waals surface area (Å²) in [6.45, 7) is 0.842. The first-order valence-electron chi connectivity index (χ1n) is 4.64. The zero-order valence-electron chi connectivity index (χ0n) is 7.82. The average molecular weight is 195 g/mol. The minimum atomic E-state index is -0.288. The normalized spacial score (nSPS) is 17.8. The summed E-state index contributed by atoms with van der Waals surface area (Å²) in [5, 5.41) is 6.49. The fourth-order valence-corrected chi connectivity index (χ4v) is 1.36. The van der Waals surface area contributed by atoms with E-state index in [1.165, 1.54) is 6.26 Å². The molecule has 1 aliphatic carbocycles. The Morgan fingerprint density at radius 3 is 3.00 bits per heavy atom. The first-order chi connectivity index (χ1) is 6.77. The quantitative estimate of drug-likeness (QED) is 0.710. The van der Waals surface area contributed by atoms with Crippen molar-refractivity contribution < 1.29 is 9.32 Å². The van der Waals surface area contributed by atoms with Crippen LogP contribution < -0.4 is 11.1 Å². The predicted octanol–water partition coefficient (Wildman–Crippen LogP) is 0.0297. The van der Waals surface area contributed by atoms with Crippen molar-refractivity contribution in [2.45, 2.75) is 19.4 Å². The van der Waals surface area contributed by atoms with Gasteiger partial charge in [0.05, 0.1) is 12.0 Å². The van der Waals surface area contributed by atoms with E-state index < -0.39 is 0 Å². The summed E-state index contributed by atoms with van der Waals surface area (Å²) in [5.74, 6) is 0.0306. The number of amides is 1. The van der Waals surface area contributed by atoms with Crippen LogP contribution in [0.3, 0.4) is 0 Å². The highest BCUT2D eigenvalue weighted by Gasteiger charge is 2.48. The molecular formula is C9H13N3O2. The Morgan fingerprint density at radius 2 is 2.50 bits per heavy atom. The number of carbonyl (C=O) groups is 1. The molecule has 2 rings (SSSR count). The number of rotatable bonds is 4. The second-order valence-electron chi connectivity index (χ2n) is 3.66. The molecule has 0 unspecified atom stereocenters. The van der Waals surface area contributed by atoms with Crippen LogP contribution in [-0.4, -0.2) is 17.6 Å². The summed E-state index contributed by atoms with van der Waals surface area (Å²) in [5.41, 5.74) is 5.96. The Balaban J connectivity index is 1.84. The lowest BCUT2D eigenvalue weighted by molar-refractivity contribution is -0.126. The van der Waals surface area contributed by atoms with Crippen molar-refractivity contribution in [3.05, 3.63) is 18.0 Å². The summed E-state index contributed by atoms with van der Waals surface area (Å²) < 4.78 is 4.65. The van der Waals surface area contributed by atoms with Crippen LogP contribution in [0.25, 0.3) is 0 Å². The third-order valence-corrected chi connectivity index (χ3v) is 2.65. The number of hydrogen-bond donors (Lipinski definition) is 2. The first kappa shape index (κ1) is 9.21. The predicted molar refractivity (Wildman–Crippen MR) is 49.1 cm³/mol. The van der Waals surface area contributed by atoms with Gasteiger partial charge in [0.15, 0.2) is 0 Å². The van der Waals surface area contributed by atoms with Crippen molar-refractivity contribution in [3.63, 3.8) is 0 Å². The molecule has 0 atom stereocenters. The van der Waals surface area contributed by atoms with Gasteiger partial charge in [-0.15, -0.1) is 0 Å². The van der Waals surface area contributed by atoms with Gasteiger partial charge in [-0.25, -0.2) is 0 Å². The first-order valence-corrected chi connectivity index (χ1v) is 4.64. The summed E-state index contributed by atoms with van der Waals surface area (Å²) in [4.78, 5) is 11.6. The number of hydrogen-bond acceptors (Lipinski definition) is 4. The van der Waals surface area contributed by atoms with Crippen molar-refractivity contribution in [1.82, 2.24) is 10.5 Å². The molecule has 1 aromatic rings. The van der Waals surface area contributed by atoms with E-state index in [1.54, 1.807) is 6.07 Å². The van der Waals surface area contributed by atoms with Gasteiger partial charge in [-0.3, -0.25) is 4.79 Å². The molecule has 0 spiro atoms. The van der Waals surface area contributed by atoms with Crippen LogP contribution in [0.4, 0.5) is 0 Å². The lowest BCUT2D eigenvalue weighted by Gasteiger charge is -2.11. The number of nitrogens with two attached hydrogens (primary N) is 1. The molecule has 1 fully saturated rings. The molecule has 76 valence electrons. The highest BCUT2D eigenvalue weighted by Crippen LogP contribution is 2.44. The lowest BCUT2D eigenvalue weighted by atomic mass is 10.1. The van der Waals surface area contributed by atoms with Crippen LogP contribution in [0, 0.1) is 5.41 Å². The van der Waals surface area contributed by atoms with Gasteiger partial charge in [0.1, 0.15) is 12.0 Å². The molecular weight excluding hydrogens is 182 g/mol. The van der Waals surface area contributed by atoms with Crippen LogP contribution in [0.2, 0.25) is 0 Å². The van der Waals surface area contributed by atoms with E-state index >= 15 is 0 Å². The Kier molecular flexibility index (Phi) is 2.25. The zero-order valence-corrected chi connectivity index (χ0v) is 7.82. The summed E-state index contributed by atoms with van der Waals surface area (Å²) in [6.07, 6.45) is 3.28. The molecule has 14 heavy (non-hydrogen) atoms. The molecule has 0 bridgehead atoms. The van der Waals surface area contributed by atoms with Crippen LogP contribution in [0.1, 0.15) is 18.5 Å². The molecule has 1 amide bonds. The fourth-order valence-electron chi connectivity index (χ4n) is 1.36. The van der Waals surface area contributed by atoms with Gasteiger partial charge >= 0.3 is 0 Å². The van der Waals surface area contributed by atoms with Crippen LogP contribution in [-0.2, 0) is 11.3 Å². The number of aromatic nitrogens is 1. The van der Waals surface area contributed by atoms with Crippen molar-refractivity contribution in [2.75, 3.05) is 6.54 Å². The second kappa shape index (κ2) is 3.42. The van der Waals surface area contributed by atoms with Crippen molar-refractivity contribution >= 4 is 5.91 Å². The average Bonchev–Trinajstić information content (AvgIpc) is 2.84. The molecule has 1 heterocycles. The van der Waals surface area contributed by atoms with Gasteiger partial charge < -0.3 is 15.6 Å². The Morgan fingerprint density at radius 1 is 1.71 bits per heavy atom. The Hall–Kier alpha value is -1.36. The monoisotopic (exact) mass is 195 g/mol. The Bertz CT molecular complexity index is 317. The molecule has 5 nitrogen and oxygen atoms in total. The van der Waals surface area contributed by atoms with Gasteiger partial charge in [-0.2, -0.15) is 0 Å². The fraction of sp³-hybridized carbons (Fsp3) is 0.556. The SMILES string of the molecule is NCC1(C(=O)NCc2ccon2)CC1. The maximum absolute atomic E-state index is 11.6. The van der Waals surface area contributed by atoms with Crippen LogP contribution >= 0.6 is 0 Å². The molecule has 5 heteroatoms. The molecule has 1 aromatic heterocycles. The van der Waals surface area contributed by atoms with Crippen molar-refractivity contribution in [1.29, 1.82) is 0 Å². The lowest BCUT2D eigenvalue weighted by Crippen LogP contribution is -2.36. The highest BCUT2D eigenvalue weighted by atomic mass is 16.5. The topological polar surface area (TPSA) is 81.2 Å². The van der Waals surface area contributed by atoms with E-state index in [9.17, 15) is 4.79 Å². The summed E-state index contributed by atoms with van der Waals surface area (Å²) in [7, 11) is 0. The van der Waals surface area contributed by atoms with Gasteiger partial charge in [-0.1, -0.05) is 5.16 Å². The smallest absolute Gasteiger partial charge is 0.227 e. The van der Waals surface area contributed by atoms with Crippen molar-refractivity contribution in [3.8, 4) is 0 Å². The minimum absolute atomic E-state index is 0.0306. The Labute approximate surface area is 81.6 Å². The van der Waals surface area contributed by atoms with Crippen molar-refractivity contribution in [2.24, 2.45) is 11.1 Å². The molecule has 1 aliphatic rings. The van der Waals surface area contributed by atoms with E-state index in [1.807, 2.05) is 0 Å². The summed E-state index contributed by atoms with van der Waals surface area (Å²) in [6, 6.07) is 1.72.